The van der Waals surface area contributed by atoms with Gasteiger partial charge in [-0.3, -0.25) is 0 Å². The summed E-state index contributed by atoms with van der Waals surface area (Å²) in [5.41, 5.74) is 0. The molecule has 96 valence electrons. The molecule has 0 amide bonds. The van der Waals surface area contributed by atoms with Gasteiger partial charge in [0.15, 0.2) is 0 Å². The van der Waals surface area contributed by atoms with Crippen LogP contribution in [0.25, 0.3) is 0 Å². The predicted molar refractivity (Wildman–Crippen MR) is 74.4 cm³/mol. The van der Waals surface area contributed by atoms with Gasteiger partial charge in [0, 0.05) is 24.4 Å². The van der Waals surface area contributed by atoms with E-state index in [1.165, 1.54) is 0 Å². The third-order valence-electron chi connectivity index (χ3n) is 2.52. The summed E-state index contributed by atoms with van der Waals surface area (Å²) in [5.74, 6) is 2.79. The van der Waals surface area contributed by atoms with Gasteiger partial charge in [-0.1, -0.05) is 13.8 Å². The van der Waals surface area contributed by atoms with Crippen molar-refractivity contribution in [3.63, 3.8) is 0 Å². The van der Waals surface area contributed by atoms with Crippen LogP contribution in [-0.2, 0) is 0 Å². The van der Waals surface area contributed by atoms with Gasteiger partial charge in [-0.25, -0.2) is 15.0 Å². The number of nitrogens with one attached hydrogen (secondary N) is 2. The van der Waals surface area contributed by atoms with Gasteiger partial charge >= 0.3 is 0 Å². The molecule has 2 heterocycles. The largest absolute Gasteiger partial charge is 0.360 e. The Morgan fingerprint density at radius 2 is 2.06 bits per heavy atom. The van der Waals surface area contributed by atoms with Crippen LogP contribution in [-0.4, -0.2) is 19.9 Å². The van der Waals surface area contributed by atoms with Gasteiger partial charge in [0.05, 0.1) is 6.04 Å². The normalized spacial score (nSPS) is 12.7. The van der Waals surface area contributed by atoms with E-state index in [0.717, 1.165) is 22.1 Å². The standard InChI is InChI=1S/C12H16BrN5/c1-7(2)11-17-9(13)6-10(18-11)16-8(3)12-14-4-5-15-12/h4-8H,1-3H3,(H,14,15)(H,16,17,18). The quantitative estimate of drug-likeness (QED) is 0.851. The molecule has 2 aromatic rings. The molecule has 0 aromatic carbocycles. The lowest BCUT2D eigenvalue weighted by Crippen LogP contribution is -2.11. The summed E-state index contributed by atoms with van der Waals surface area (Å²) in [6.45, 7) is 6.17. The van der Waals surface area contributed by atoms with Crippen molar-refractivity contribution in [2.24, 2.45) is 0 Å². The van der Waals surface area contributed by atoms with E-state index in [1.807, 2.05) is 19.2 Å². The van der Waals surface area contributed by atoms with Crippen LogP contribution >= 0.6 is 15.9 Å². The number of nitrogens with zero attached hydrogens (tertiary/aromatic N) is 3. The molecule has 0 fully saturated rings. The fourth-order valence-electron chi connectivity index (χ4n) is 1.57. The Labute approximate surface area is 115 Å². The summed E-state index contributed by atoms with van der Waals surface area (Å²) in [6, 6.07) is 1.94. The lowest BCUT2D eigenvalue weighted by molar-refractivity contribution is 0.755. The topological polar surface area (TPSA) is 66.5 Å². The van der Waals surface area contributed by atoms with E-state index in [-0.39, 0.29) is 6.04 Å². The molecule has 1 atom stereocenters. The van der Waals surface area contributed by atoms with Crippen molar-refractivity contribution in [3.8, 4) is 0 Å². The maximum absolute atomic E-state index is 4.49. The Morgan fingerprint density at radius 3 is 2.67 bits per heavy atom. The second kappa shape index (κ2) is 5.48. The highest BCUT2D eigenvalue weighted by molar-refractivity contribution is 9.10. The van der Waals surface area contributed by atoms with Gasteiger partial charge in [0.1, 0.15) is 22.1 Å². The van der Waals surface area contributed by atoms with Crippen molar-refractivity contribution in [2.75, 3.05) is 5.32 Å². The Balaban J connectivity index is 2.18. The molecule has 0 spiro atoms. The number of hydrogen-bond acceptors (Lipinski definition) is 4. The zero-order valence-corrected chi connectivity index (χ0v) is 12.2. The molecule has 18 heavy (non-hydrogen) atoms. The highest BCUT2D eigenvalue weighted by Crippen LogP contribution is 2.20. The minimum atomic E-state index is 0.0711. The molecule has 1 unspecified atom stereocenters. The molecular weight excluding hydrogens is 294 g/mol. The molecule has 0 aliphatic rings. The van der Waals surface area contributed by atoms with Crippen molar-refractivity contribution in [3.05, 3.63) is 34.7 Å². The first-order valence-corrected chi connectivity index (χ1v) is 6.66. The molecule has 0 saturated heterocycles. The van der Waals surface area contributed by atoms with E-state index in [4.69, 9.17) is 0 Å². The molecule has 2 N–H and O–H groups in total. The van der Waals surface area contributed by atoms with Crippen molar-refractivity contribution in [2.45, 2.75) is 32.7 Å². The number of hydrogen-bond donors (Lipinski definition) is 2. The molecule has 0 bridgehead atoms. The van der Waals surface area contributed by atoms with Crippen LogP contribution in [0.2, 0.25) is 0 Å². The predicted octanol–water partition coefficient (Wildman–Crippen LogP) is 3.26. The highest BCUT2D eigenvalue weighted by atomic mass is 79.9. The average molecular weight is 310 g/mol. The molecule has 2 rings (SSSR count). The van der Waals surface area contributed by atoms with Gasteiger partial charge in [-0.2, -0.15) is 0 Å². The van der Waals surface area contributed by atoms with E-state index >= 15 is 0 Å². The van der Waals surface area contributed by atoms with E-state index in [2.05, 4.69) is 55.0 Å². The number of halogens is 1. The van der Waals surface area contributed by atoms with Crippen LogP contribution in [0.3, 0.4) is 0 Å². The first kappa shape index (κ1) is 13.0. The molecule has 2 aromatic heterocycles. The van der Waals surface area contributed by atoms with E-state index in [1.54, 1.807) is 6.20 Å². The first-order chi connectivity index (χ1) is 8.56. The number of aromatic nitrogens is 4. The van der Waals surface area contributed by atoms with E-state index in [9.17, 15) is 0 Å². The van der Waals surface area contributed by atoms with Crippen molar-refractivity contribution in [1.82, 2.24) is 19.9 Å². The maximum Gasteiger partial charge on any atom is 0.134 e. The van der Waals surface area contributed by atoms with E-state index < -0.39 is 0 Å². The number of rotatable bonds is 4. The minimum Gasteiger partial charge on any atom is -0.360 e. The SMILES string of the molecule is CC(C)c1nc(Br)cc(NC(C)c2ncc[nH]2)n1. The van der Waals surface area contributed by atoms with Gasteiger partial charge in [0.2, 0.25) is 0 Å². The zero-order chi connectivity index (χ0) is 13.1. The number of aromatic amines is 1. The average Bonchev–Trinajstić information content (AvgIpc) is 2.81. The molecule has 5 nitrogen and oxygen atoms in total. The second-order valence-electron chi connectivity index (χ2n) is 4.43. The van der Waals surface area contributed by atoms with Crippen LogP contribution in [0.5, 0.6) is 0 Å². The Morgan fingerprint density at radius 1 is 1.28 bits per heavy atom. The fourth-order valence-corrected chi connectivity index (χ4v) is 1.97. The molecule has 6 heteroatoms. The van der Waals surface area contributed by atoms with E-state index in [0.29, 0.717) is 5.92 Å². The third-order valence-corrected chi connectivity index (χ3v) is 2.93. The van der Waals surface area contributed by atoms with Gasteiger partial charge in [0.25, 0.3) is 0 Å². The molecule has 0 saturated carbocycles. The second-order valence-corrected chi connectivity index (χ2v) is 5.24. The minimum absolute atomic E-state index is 0.0711. The van der Waals surface area contributed by atoms with Crippen molar-refractivity contribution >= 4 is 21.7 Å². The van der Waals surface area contributed by atoms with Crippen molar-refractivity contribution < 1.29 is 0 Å². The van der Waals surface area contributed by atoms with Gasteiger partial charge in [-0.15, -0.1) is 0 Å². The molecular formula is C12H16BrN5. The molecule has 0 aliphatic heterocycles. The first-order valence-electron chi connectivity index (χ1n) is 5.86. The fraction of sp³-hybridized carbons (Fsp3) is 0.417. The van der Waals surface area contributed by atoms with Gasteiger partial charge in [-0.05, 0) is 22.9 Å². The number of H-pyrrole nitrogens is 1. The van der Waals surface area contributed by atoms with Crippen LogP contribution in [0.15, 0.2) is 23.1 Å². The van der Waals surface area contributed by atoms with Crippen LogP contribution in [0, 0.1) is 0 Å². The lowest BCUT2D eigenvalue weighted by atomic mass is 10.2. The summed E-state index contributed by atoms with van der Waals surface area (Å²) in [7, 11) is 0. The number of anilines is 1. The highest BCUT2D eigenvalue weighted by Gasteiger charge is 2.11. The van der Waals surface area contributed by atoms with Gasteiger partial charge < -0.3 is 10.3 Å². The smallest absolute Gasteiger partial charge is 0.134 e. The summed E-state index contributed by atoms with van der Waals surface area (Å²) >= 11 is 3.41. The summed E-state index contributed by atoms with van der Waals surface area (Å²) in [4.78, 5) is 16.1. The Hall–Kier alpha value is -1.43. The summed E-state index contributed by atoms with van der Waals surface area (Å²) in [5, 5.41) is 3.31. The third kappa shape index (κ3) is 3.07. The van der Waals surface area contributed by atoms with Crippen molar-refractivity contribution in [1.29, 1.82) is 0 Å². The molecule has 0 aliphatic carbocycles. The summed E-state index contributed by atoms with van der Waals surface area (Å²) < 4.78 is 0.787. The lowest BCUT2D eigenvalue weighted by Gasteiger charge is -2.14. The summed E-state index contributed by atoms with van der Waals surface area (Å²) in [6.07, 6.45) is 3.55. The van der Waals surface area contributed by atoms with Crippen LogP contribution in [0.4, 0.5) is 5.82 Å². The van der Waals surface area contributed by atoms with Crippen LogP contribution in [0.1, 0.15) is 44.4 Å². The maximum atomic E-state index is 4.49. The zero-order valence-electron chi connectivity index (χ0n) is 10.6. The van der Waals surface area contributed by atoms with Crippen LogP contribution < -0.4 is 5.32 Å². The molecule has 0 radical (unpaired) electrons. The number of imidazole rings is 1. The monoisotopic (exact) mass is 309 g/mol. The Kier molecular flexibility index (Phi) is 3.96. The Bertz CT molecular complexity index is 509.